The van der Waals surface area contributed by atoms with Crippen molar-refractivity contribution >= 4 is 22.2 Å². The highest BCUT2D eigenvalue weighted by Gasteiger charge is 2.33. The minimum absolute atomic E-state index is 0.0710. The number of carbonyl (C=O) groups is 1. The average Bonchev–Trinajstić information content (AvgIpc) is 3.30. The number of methoxy groups -OCH3 is 2. The van der Waals surface area contributed by atoms with Gasteiger partial charge in [0.1, 0.15) is 28.6 Å². The predicted octanol–water partition coefficient (Wildman–Crippen LogP) is 2.00. The van der Waals surface area contributed by atoms with Crippen molar-refractivity contribution in [2.45, 2.75) is 18.9 Å². The maximum atomic E-state index is 12.5. The van der Waals surface area contributed by atoms with Gasteiger partial charge in [-0.2, -0.15) is 5.26 Å². The van der Waals surface area contributed by atoms with Crippen molar-refractivity contribution in [2.24, 2.45) is 0 Å². The van der Waals surface area contributed by atoms with Crippen LogP contribution in [0.3, 0.4) is 0 Å². The van der Waals surface area contributed by atoms with Crippen LogP contribution in [0.15, 0.2) is 29.6 Å². The van der Waals surface area contributed by atoms with Crippen molar-refractivity contribution in [3.63, 3.8) is 0 Å². The van der Waals surface area contributed by atoms with Crippen LogP contribution in [0, 0.1) is 11.3 Å². The van der Waals surface area contributed by atoms with Crippen molar-refractivity contribution in [3.05, 3.63) is 40.8 Å². The fourth-order valence-corrected chi connectivity index (χ4v) is 4.23. The molecule has 1 saturated heterocycles. The molecule has 0 aliphatic carbocycles. The van der Waals surface area contributed by atoms with Crippen molar-refractivity contribution < 1.29 is 19.2 Å². The molecular weight excluding hydrogens is 350 g/mol. The van der Waals surface area contributed by atoms with Crippen LogP contribution in [-0.2, 0) is 4.79 Å². The molecule has 26 heavy (non-hydrogen) atoms. The summed E-state index contributed by atoms with van der Waals surface area (Å²) >= 11 is 1.37. The molecule has 2 heterocycles. The number of rotatable bonds is 6. The van der Waals surface area contributed by atoms with Crippen molar-refractivity contribution in [1.82, 2.24) is 0 Å². The Hall–Kier alpha value is -2.56. The summed E-state index contributed by atoms with van der Waals surface area (Å²) in [6.07, 6.45) is 2.07. The molecule has 1 amide bonds. The van der Waals surface area contributed by atoms with Crippen molar-refractivity contribution in [3.8, 4) is 17.6 Å². The highest BCUT2D eigenvalue weighted by atomic mass is 32.1. The van der Waals surface area contributed by atoms with Crippen LogP contribution in [0.5, 0.6) is 11.5 Å². The largest absolute Gasteiger partial charge is 0.497 e. The van der Waals surface area contributed by atoms with Gasteiger partial charge < -0.3 is 19.7 Å². The molecular formula is C19H22N3O3S+. The minimum atomic E-state index is -0.0710. The lowest BCUT2D eigenvalue weighted by Crippen LogP contribution is -3.11. The van der Waals surface area contributed by atoms with Crippen LogP contribution in [0.1, 0.15) is 30.0 Å². The van der Waals surface area contributed by atoms with Crippen molar-refractivity contribution in [1.29, 1.82) is 5.26 Å². The van der Waals surface area contributed by atoms with Gasteiger partial charge in [-0.1, -0.05) is 0 Å². The monoisotopic (exact) mass is 372 g/mol. The lowest BCUT2D eigenvalue weighted by atomic mass is 10.0. The Morgan fingerprint density at radius 2 is 2.23 bits per heavy atom. The number of nitrogens with one attached hydrogen (secondary N) is 2. The summed E-state index contributed by atoms with van der Waals surface area (Å²) in [6.45, 7) is 1.30. The second-order valence-corrected chi connectivity index (χ2v) is 7.13. The van der Waals surface area contributed by atoms with E-state index in [0.717, 1.165) is 36.4 Å². The second-order valence-electron chi connectivity index (χ2n) is 6.21. The van der Waals surface area contributed by atoms with Gasteiger partial charge in [0, 0.05) is 18.9 Å². The lowest BCUT2D eigenvalue weighted by molar-refractivity contribution is -0.910. The predicted molar refractivity (Wildman–Crippen MR) is 99.9 cm³/mol. The minimum Gasteiger partial charge on any atom is -0.497 e. The molecule has 1 aliphatic heterocycles. The fourth-order valence-electron chi connectivity index (χ4n) is 3.48. The zero-order valence-electron chi connectivity index (χ0n) is 14.9. The highest BCUT2D eigenvalue weighted by molar-refractivity contribution is 7.14. The third-order valence-corrected chi connectivity index (χ3v) is 5.56. The molecule has 1 unspecified atom stereocenters. The quantitative estimate of drug-likeness (QED) is 0.813. The van der Waals surface area contributed by atoms with Crippen LogP contribution < -0.4 is 19.7 Å². The number of hydrogen-bond acceptors (Lipinski definition) is 5. The standard InChI is InChI=1S/C19H21N3O3S/c1-24-14-5-6-15(17(10-14)25-2)16-4-3-8-22(16)12-18(23)21-19-13(11-20)7-9-26-19/h5-7,9-10,16H,3-4,8,12H2,1-2H3,(H,21,23)/p+1/t16-/m1/s1. The lowest BCUT2D eigenvalue weighted by Gasteiger charge is -2.23. The Kier molecular flexibility index (Phi) is 5.76. The maximum absolute atomic E-state index is 12.5. The van der Waals surface area contributed by atoms with Gasteiger partial charge in [0.25, 0.3) is 5.91 Å². The van der Waals surface area contributed by atoms with E-state index >= 15 is 0 Å². The summed E-state index contributed by atoms with van der Waals surface area (Å²) < 4.78 is 10.8. The Morgan fingerprint density at radius 3 is 2.96 bits per heavy atom. The first-order chi connectivity index (χ1) is 12.7. The number of amides is 1. The molecule has 0 spiro atoms. The van der Waals surface area contributed by atoms with Crippen molar-refractivity contribution in [2.75, 3.05) is 32.6 Å². The molecule has 1 aromatic heterocycles. The van der Waals surface area contributed by atoms with E-state index in [-0.39, 0.29) is 11.9 Å². The summed E-state index contributed by atoms with van der Waals surface area (Å²) in [5.41, 5.74) is 1.61. The number of nitrogens with zero attached hydrogens (tertiary/aromatic N) is 1. The SMILES string of the molecule is COc1ccc([C@H]2CCC[NH+]2CC(=O)Nc2sccc2C#N)c(OC)c1. The molecule has 2 N–H and O–H groups in total. The zero-order valence-corrected chi connectivity index (χ0v) is 15.7. The van der Waals surface area contributed by atoms with E-state index < -0.39 is 0 Å². The van der Waals surface area contributed by atoms with E-state index in [2.05, 4.69) is 11.4 Å². The fraction of sp³-hybridized carbons (Fsp3) is 0.368. The number of carbonyl (C=O) groups excluding carboxylic acids is 1. The number of ether oxygens (including phenoxy) is 2. The number of nitriles is 1. The van der Waals surface area contributed by atoms with Gasteiger partial charge in [-0.3, -0.25) is 4.79 Å². The molecule has 0 bridgehead atoms. The van der Waals surface area contributed by atoms with Gasteiger partial charge in [-0.25, -0.2) is 0 Å². The maximum Gasteiger partial charge on any atom is 0.280 e. The third-order valence-electron chi connectivity index (χ3n) is 4.73. The summed E-state index contributed by atoms with van der Waals surface area (Å²) in [4.78, 5) is 13.7. The van der Waals surface area contributed by atoms with Crippen LogP contribution in [-0.4, -0.2) is 33.2 Å². The van der Waals surface area contributed by atoms with E-state index in [4.69, 9.17) is 14.7 Å². The van der Waals surface area contributed by atoms with Crippen LogP contribution in [0.4, 0.5) is 5.00 Å². The molecule has 7 heteroatoms. The first-order valence-corrected chi connectivity index (χ1v) is 9.38. The van der Waals surface area contributed by atoms with Crippen LogP contribution in [0.2, 0.25) is 0 Å². The number of likely N-dealkylation sites (tertiary alicyclic amines) is 1. The molecule has 2 aromatic rings. The number of hydrogen-bond donors (Lipinski definition) is 2. The third kappa shape index (κ3) is 3.82. The molecule has 1 aliphatic rings. The Labute approximate surface area is 156 Å². The normalized spacial score (nSPS) is 19.0. The van der Waals surface area contributed by atoms with Gasteiger partial charge in [-0.05, 0) is 23.6 Å². The van der Waals surface area contributed by atoms with E-state index in [1.54, 1.807) is 20.3 Å². The number of thiophene rings is 1. The Morgan fingerprint density at radius 1 is 1.38 bits per heavy atom. The summed E-state index contributed by atoms with van der Waals surface area (Å²) in [7, 11) is 3.28. The highest BCUT2D eigenvalue weighted by Crippen LogP contribution is 2.31. The molecule has 0 radical (unpaired) electrons. The molecule has 6 nitrogen and oxygen atoms in total. The van der Waals surface area contributed by atoms with Gasteiger partial charge in [-0.15, -0.1) is 11.3 Å². The van der Waals surface area contributed by atoms with Crippen LogP contribution >= 0.6 is 11.3 Å². The molecule has 3 rings (SSSR count). The average molecular weight is 372 g/mol. The first-order valence-electron chi connectivity index (χ1n) is 8.50. The van der Waals surface area contributed by atoms with E-state index in [0.29, 0.717) is 17.1 Å². The smallest absolute Gasteiger partial charge is 0.280 e. The second kappa shape index (κ2) is 8.21. The summed E-state index contributed by atoms with van der Waals surface area (Å²) in [6, 6.07) is 9.86. The number of quaternary nitrogens is 1. The Balaban J connectivity index is 1.72. The molecule has 2 atom stereocenters. The Bertz CT molecular complexity index is 828. The first kappa shape index (κ1) is 18.2. The number of anilines is 1. The molecule has 1 aromatic carbocycles. The summed E-state index contributed by atoms with van der Waals surface area (Å²) in [5, 5.41) is 14.4. The zero-order chi connectivity index (χ0) is 18.5. The van der Waals surface area contributed by atoms with Crippen LogP contribution in [0.25, 0.3) is 0 Å². The van der Waals surface area contributed by atoms with E-state index in [1.165, 1.54) is 16.2 Å². The molecule has 0 saturated carbocycles. The molecule has 1 fully saturated rings. The van der Waals surface area contributed by atoms with Gasteiger partial charge in [0.15, 0.2) is 6.54 Å². The number of benzene rings is 1. The van der Waals surface area contributed by atoms with Gasteiger partial charge in [0.2, 0.25) is 0 Å². The van der Waals surface area contributed by atoms with E-state index in [9.17, 15) is 4.79 Å². The van der Waals surface area contributed by atoms with Gasteiger partial charge >= 0.3 is 0 Å². The topological polar surface area (TPSA) is 75.8 Å². The van der Waals surface area contributed by atoms with Gasteiger partial charge in [0.05, 0.1) is 31.9 Å². The van der Waals surface area contributed by atoms with E-state index in [1.807, 2.05) is 23.6 Å². The summed E-state index contributed by atoms with van der Waals surface area (Å²) in [5.74, 6) is 1.47. The molecule has 136 valence electrons.